The number of morpholine rings is 1. The van der Waals surface area contributed by atoms with E-state index in [0.29, 0.717) is 65.2 Å². The third kappa shape index (κ3) is 7.07. The second kappa shape index (κ2) is 15.4. The molecule has 1 aromatic heterocycles. The zero-order valence-electron chi connectivity index (χ0n) is 35.1. The molecule has 58 heavy (non-hydrogen) atoms. The van der Waals surface area contributed by atoms with Crippen LogP contribution in [-0.4, -0.2) is 92.4 Å². The van der Waals surface area contributed by atoms with Crippen molar-refractivity contribution in [2.75, 3.05) is 40.0 Å². The maximum atomic E-state index is 16.0. The number of aromatic nitrogens is 1. The molecule has 7 rings (SSSR count). The standard InChI is InChI=1S/C43H55BrN2O11Si/c1-11-12-17-53-39-31-36(56-45-39)32(46-15-18-52-19-16-46)28-21-23-20-27-30(33(47)29(23)37(48)43(28,38(31)49)57-58(9,10)42(5,6)7)35(54-40(50)55-41(2,3)4)26-22-24(44)13-14-25(26)34(27)51-8/h13-14,22-23,28,32,47H,11-12,15-21H2,1-10H3/t23-,28-,32-,43-/m0/s1. The summed E-state index contributed by atoms with van der Waals surface area (Å²) in [4.78, 5) is 47.3. The van der Waals surface area contributed by atoms with E-state index in [1.54, 1.807) is 33.9 Å². The maximum Gasteiger partial charge on any atom is 0.514 e. The minimum atomic E-state index is -2.98. The lowest BCUT2D eigenvalue weighted by molar-refractivity contribution is -0.143. The molecule has 0 radical (unpaired) electrons. The van der Waals surface area contributed by atoms with E-state index in [-0.39, 0.29) is 41.2 Å². The average Bonchev–Trinajstić information content (AvgIpc) is 3.55. The molecule has 1 saturated heterocycles. The lowest BCUT2D eigenvalue weighted by atomic mass is 9.57. The largest absolute Gasteiger partial charge is 0.514 e. The summed E-state index contributed by atoms with van der Waals surface area (Å²) < 4.78 is 43.7. The first-order valence-electron chi connectivity index (χ1n) is 20.2. The fourth-order valence-corrected chi connectivity index (χ4v) is 10.5. The molecule has 3 aliphatic carbocycles. The van der Waals surface area contributed by atoms with E-state index in [1.807, 2.05) is 32.2 Å². The van der Waals surface area contributed by atoms with Crippen LogP contribution < -0.4 is 14.2 Å². The summed E-state index contributed by atoms with van der Waals surface area (Å²) in [6, 6.07) is 4.85. The van der Waals surface area contributed by atoms with Crippen LogP contribution in [0.15, 0.2) is 32.8 Å². The second-order valence-corrected chi connectivity index (χ2v) is 23.9. The molecule has 2 fully saturated rings. The number of Topliss-reactive ketones (excluding diaryl/α,β-unsaturated/α-hetero) is 2. The molecule has 1 aliphatic heterocycles. The number of ether oxygens (including phenoxy) is 5. The first-order valence-corrected chi connectivity index (χ1v) is 23.9. The minimum Gasteiger partial charge on any atom is -0.507 e. The highest BCUT2D eigenvalue weighted by Crippen LogP contribution is 2.60. The van der Waals surface area contributed by atoms with Crippen LogP contribution >= 0.6 is 15.9 Å². The minimum absolute atomic E-state index is 0.00758. The molecule has 1 saturated carbocycles. The Labute approximate surface area is 348 Å². The van der Waals surface area contributed by atoms with Gasteiger partial charge in [0.15, 0.2) is 25.4 Å². The maximum absolute atomic E-state index is 16.0. The van der Waals surface area contributed by atoms with E-state index < -0.39 is 65.9 Å². The highest BCUT2D eigenvalue weighted by atomic mass is 79.9. The highest BCUT2D eigenvalue weighted by molar-refractivity contribution is 9.10. The summed E-state index contributed by atoms with van der Waals surface area (Å²) in [5.74, 6) is -2.10. The predicted octanol–water partition coefficient (Wildman–Crippen LogP) is 9.15. The number of ketones is 2. The molecule has 3 aromatic rings. The van der Waals surface area contributed by atoms with Gasteiger partial charge in [-0.15, -0.1) is 0 Å². The summed E-state index contributed by atoms with van der Waals surface area (Å²) in [7, 11) is -1.43. The smallest absolute Gasteiger partial charge is 0.507 e. The van der Waals surface area contributed by atoms with Gasteiger partial charge in [0, 0.05) is 45.4 Å². The van der Waals surface area contributed by atoms with Crippen LogP contribution in [0, 0.1) is 11.8 Å². The van der Waals surface area contributed by atoms with Crippen molar-refractivity contribution in [3.63, 3.8) is 0 Å². The van der Waals surface area contributed by atoms with Crippen LogP contribution in [0.2, 0.25) is 18.1 Å². The van der Waals surface area contributed by atoms with E-state index >= 15 is 9.59 Å². The molecule has 4 aliphatic rings. The summed E-state index contributed by atoms with van der Waals surface area (Å²) >= 11 is 3.55. The van der Waals surface area contributed by atoms with Gasteiger partial charge < -0.3 is 37.7 Å². The Morgan fingerprint density at radius 2 is 1.76 bits per heavy atom. The third-order valence-corrected chi connectivity index (χ3v) is 17.3. The molecule has 1 N–H and O–H groups in total. The molecule has 15 heteroatoms. The molecular formula is C43H55BrN2O11Si. The molecule has 0 unspecified atom stereocenters. The Kier molecular flexibility index (Phi) is 11.2. The number of benzene rings is 2. The molecule has 2 aromatic carbocycles. The Hall–Kier alpha value is -3.76. The predicted molar refractivity (Wildman–Crippen MR) is 222 cm³/mol. The number of carbonyl (C=O) groups excluding carboxylic acids is 3. The first-order chi connectivity index (χ1) is 27.3. The molecule has 0 amide bonds. The first kappa shape index (κ1) is 42.4. The molecular weight excluding hydrogens is 828 g/mol. The van der Waals surface area contributed by atoms with Gasteiger partial charge in [-0.1, -0.05) is 50.0 Å². The van der Waals surface area contributed by atoms with Crippen LogP contribution in [0.25, 0.3) is 16.5 Å². The number of hydrogen-bond donors (Lipinski definition) is 1. The molecule has 2 heterocycles. The Morgan fingerprint density at radius 3 is 2.40 bits per heavy atom. The fourth-order valence-electron chi connectivity index (χ4n) is 8.70. The normalized spacial score (nSPS) is 23.9. The van der Waals surface area contributed by atoms with Crippen LogP contribution in [0.4, 0.5) is 4.79 Å². The van der Waals surface area contributed by atoms with Crippen molar-refractivity contribution in [2.24, 2.45) is 11.8 Å². The van der Waals surface area contributed by atoms with E-state index in [1.165, 1.54) is 0 Å². The van der Waals surface area contributed by atoms with Crippen molar-refractivity contribution >= 4 is 58.5 Å². The SMILES string of the molecule is CCCCOc1noc2c1C(=O)[C@@]1(O[Si](C)(C)C(C)(C)C)C(=O)C3=C(O)c4c(c(OC)c5ccc(Br)cc5c4OC(=O)OC(C)(C)C)C[C@H]3C[C@H]1[C@@H]2N1CCOCC1. The highest BCUT2D eigenvalue weighted by Gasteiger charge is 2.69. The van der Waals surface area contributed by atoms with Gasteiger partial charge in [-0.3, -0.25) is 14.5 Å². The number of nitrogens with zero attached hydrogens (tertiary/aromatic N) is 2. The van der Waals surface area contributed by atoms with Crippen molar-refractivity contribution in [1.82, 2.24) is 10.1 Å². The molecule has 4 atom stereocenters. The number of methoxy groups -OCH3 is 1. The molecule has 13 nitrogen and oxygen atoms in total. The number of hydrogen-bond acceptors (Lipinski definition) is 13. The lowest BCUT2D eigenvalue weighted by Crippen LogP contribution is -2.69. The van der Waals surface area contributed by atoms with Gasteiger partial charge in [0.05, 0.1) is 38.5 Å². The number of carbonyl (C=O) groups is 3. The lowest BCUT2D eigenvalue weighted by Gasteiger charge is -2.55. The third-order valence-electron chi connectivity index (χ3n) is 12.3. The van der Waals surface area contributed by atoms with Gasteiger partial charge in [0.2, 0.25) is 11.6 Å². The summed E-state index contributed by atoms with van der Waals surface area (Å²) in [5.41, 5.74) is -2.15. The fraction of sp³-hybridized carbons (Fsp3) is 0.581. The topological polar surface area (TPSA) is 156 Å². The van der Waals surface area contributed by atoms with Gasteiger partial charge >= 0.3 is 6.16 Å². The number of unbranched alkanes of at least 4 members (excludes halogenated alkanes) is 1. The Bertz CT molecular complexity index is 2180. The summed E-state index contributed by atoms with van der Waals surface area (Å²) in [6.07, 6.45) is 1.09. The van der Waals surface area contributed by atoms with Crippen LogP contribution in [0.3, 0.4) is 0 Å². The van der Waals surface area contributed by atoms with Gasteiger partial charge in [-0.25, -0.2) is 4.79 Å². The monoisotopic (exact) mass is 882 g/mol. The van der Waals surface area contributed by atoms with Gasteiger partial charge in [-0.2, -0.15) is 0 Å². The van der Waals surface area contributed by atoms with E-state index in [4.69, 9.17) is 32.6 Å². The van der Waals surface area contributed by atoms with Crippen molar-refractivity contribution in [3.8, 4) is 17.4 Å². The van der Waals surface area contributed by atoms with Crippen molar-refractivity contribution in [1.29, 1.82) is 0 Å². The van der Waals surface area contributed by atoms with Crippen molar-refractivity contribution < 1.29 is 52.1 Å². The Balaban J connectivity index is 1.51. The zero-order valence-corrected chi connectivity index (χ0v) is 37.7. The summed E-state index contributed by atoms with van der Waals surface area (Å²) in [5, 5.41) is 17.7. The molecule has 0 bridgehead atoms. The zero-order chi connectivity index (χ0) is 42.1. The van der Waals surface area contributed by atoms with Crippen LogP contribution in [0.1, 0.15) is 101 Å². The van der Waals surface area contributed by atoms with E-state index in [2.05, 4.69) is 46.8 Å². The number of aliphatic hydroxyl groups is 1. The number of aliphatic hydroxyl groups excluding tert-OH is 1. The molecule has 314 valence electrons. The van der Waals surface area contributed by atoms with Gasteiger partial charge in [0.25, 0.3) is 5.88 Å². The van der Waals surface area contributed by atoms with E-state index in [0.717, 1.165) is 12.8 Å². The van der Waals surface area contributed by atoms with Crippen LogP contribution in [0.5, 0.6) is 17.4 Å². The number of rotatable bonds is 9. The van der Waals surface area contributed by atoms with Crippen molar-refractivity contribution in [3.05, 3.63) is 50.7 Å². The van der Waals surface area contributed by atoms with Gasteiger partial charge in [0.1, 0.15) is 22.7 Å². The van der Waals surface area contributed by atoms with Crippen LogP contribution in [-0.2, 0) is 25.1 Å². The number of fused-ring (bicyclic) bond motifs is 5. The average molecular weight is 884 g/mol. The van der Waals surface area contributed by atoms with Gasteiger partial charge in [-0.05, 0) is 87.4 Å². The molecule has 0 spiro atoms. The van der Waals surface area contributed by atoms with E-state index in [9.17, 15) is 9.90 Å². The summed E-state index contributed by atoms with van der Waals surface area (Å²) in [6.45, 7) is 19.7. The quantitative estimate of drug-likeness (QED) is 0.0715. The second-order valence-electron chi connectivity index (χ2n) is 18.3. The Morgan fingerprint density at radius 1 is 1.05 bits per heavy atom. The number of halogens is 1. The van der Waals surface area contributed by atoms with Crippen molar-refractivity contribution in [2.45, 2.75) is 110 Å².